The fraction of sp³-hybridized carbons (Fsp3) is 0.474. The van der Waals surface area contributed by atoms with Crippen molar-refractivity contribution in [3.8, 4) is 0 Å². The number of nitrogens with one attached hydrogen (secondary N) is 1. The van der Waals surface area contributed by atoms with Gasteiger partial charge in [0.2, 0.25) is 0 Å². The molecule has 1 aromatic carbocycles. The van der Waals surface area contributed by atoms with Crippen LogP contribution in [0.15, 0.2) is 41.3 Å². The molecule has 0 fully saturated rings. The molecule has 0 amide bonds. The summed E-state index contributed by atoms with van der Waals surface area (Å²) in [5.74, 6) is 1.66. The van der Waals surface area contributed by atoms with E-state index in [2.05, 4.69) is 36.1 Å². The molecule has 0 aliphatic carbocycles. The molecule has 5 nitrogen and oxygen atoms in total. The summed E-state index contributed by atoms with van der Waals surface area (Å²) in [5, 5.41) is 3.15. The number of rotatable bonds is 6. The van der Waals surface area contributed by atoms with Gasteiger partial charge >= 0.3 is 0 Å². The van der Waals surface area contributed by atoms with Crippen molar-refractivity contribution in [2.75, 3.05) is 17.6 Å². The third-order valence-corrected chi connectivity index (χ3v) is 5.54. The topological polar surface area (TPSA) is 72.0 Å². The van der Waals surface area contributed by atoms with Crippen LogP contribution in [0.3, 0.4) is 0 Å². The van der Waals surface area contributed by atoms with Crippen molar-refractivity contribution >= 4 is 15.7 Å². The Labute approximate surface area is 150 Å². The van der Waals surface area contributed by atoms with Gasteiger partial charge in [-0.1, -0.05) is 52.8 Å². The van der Waals surface area contributed by atoms with E-state index in [1.54, 1.807) is 30.3 Å². The summed E-state index contributed by atoms with van der Waals surface area (Å²) < 4.78 is 24.7. The van der Waals surface area contributed by atoms with E-state index in [1.165, 1.54) is 0 Å². The standard InChI is InChI=1S/C19H27N3O2S/c1-14(2)18-21-16(19(3,4)5)13-17(22-18)20-11-12-25(23,24)15-9-7-6-8-10-15/h6-10,13-14H,11-12H2,1-5H3,(H,20,21,22). The highest BCUT2D eigenvalue weighted by Gasteiger charge is 2.19. The van der Waals surface area contributed by atoms with Crippen molar-refractivity contribution in [3.05, 3.63) is 47.9 Å². The molecule has 0 atom stereocenters. The molecule has 0 spiro atoms. The van der Waals surface area contributed by atoms with Crippen molar-refractivity contribution in [2.45, 2.75) is 50.8 Å². The molecule has 0 bridgehead atoms. The number of hydrogen-bond donors (Lipinski definition) is 1. The van der Waals surface area contributed by atoms with Crippen LogP contribution in [0.4, 0.5) is 5.82 Å². The Kier molecular flexibility index (Phi) is 5.83. The van der Waals surface area contributed by atoms with Gasteiger partial charge in [0.1, 0.15) is 11.6 Å². The molecule has 2 aromatic rings. The summed E-state index contributed by atoms with van der Waals surface area (Å²) in [4.78, 5) is 9.51. The van der Waals surface area contributed by atoms with Crippen molar-refractivity contribution in [2.24, 2.45) is 0 Å². The van der Waals surface area contributed by atoms with Gasteiger partial charge in [0.25, 0.3) is 0 Å². The van der Waals surface area contributed by atoms with Gasteiger partial charge in [-0.15, -0.1) is 0 Å². The molecule has 136 valence electrons. The lowest BCUT2D eigenvalue weighted by atomic mass is 9.91. The average molecular weight is 362 g/mol. The fourth-order valence-electron chi connectivity index (χ4n) is 2.26. The number of hydrogen-bond acceptors (Lipinski definition) is 5. The number of aromatic nitrogens is 2. The molecule has 1 heterocycles. The van der Waals surface area contributed by atoms with E-state index in [0.717, 1.165) is 11.5 Å². The monoisotopic (exact) mass is 361 g/mol. The van der Waals surface area contributed by atoms with Crippen LogP contribution in [0, 0.1) is 0 Å². The van der Waals surface area contributed by atoms with Gasteiger partial charge in [-0.25, -0.2) is 18.4 Å². The maximum atomic E-state index is 12.4. The SMILES string of the molecule is CC(C)c1nc(NCCS(=O)(=O)c2ccccc2)cc(C(C)(C)C)n1. The van der Waals surface area contributed by atoms with E-state index in [4.69, 9.17) is 0 Å². The van der Waals surface area contributed by atoms with Gasteiger partial charge < -0.3 is 5.32 Å². The first-order valence-corrected chi connectivity index (χ1v) is 10.2. The molecule has 1 N–H and O–H groups in total. The van der Waals surface area contributed by atoms with Gasteiger partial charge in [0.05, 0.1) is 16.3 Å². The Hall–Kier alpha value is -1.95. The predicted molar refractivity (Wildman–Crippen MR) is 102 cm³/mol. The molecule has 0 saturated heterocycles. The lowest BCUT2D eigenvalue weighted by Crippen LogP contribution is -2.20. The second-order valence-electron chi connectivity index (χ2n) is 7.46. The van der Waals surface area contributed by atoms with Crippen LogP contribution in [0.25, 0.3) is 0 Å². The smallest absolute Gasteiger partial charge is 0.180 e. The zero-order valence-corrected chi connectivity index (χ0v) is 16.4. The number of nitrogens with zero attached hydrogens (tertiary/aromatic N) is 2. The highest BCUT2D eigenvalue weighted by atomic mass is 32.2. The molecule has 6 heteroatoms. The first-order chi connectivity index (χ1) is 11.6. The van der Waals surface area contributed by atoms with Gasteiger partial charge in [-0.3, -0.25) is 0 Å². The molecule has 2 rings (SSSR count). The summed E-state index contributed by atoms with van der Waals surface area (Å²) >= 11 is 0. The molecule has 0 aliphatic heterocycles. The quantitative estimate of drug-likeness (QED) is 0.847. The van der Waals surface area contributed by atoms with Crippen LogP contribution in [0.1, 0.15) is 52.1 Å². The Morgan fingerprint density at radius 2 is 1.72 bits per heavy atom. The average Bonchev–Trinajstić information content (AvgIpc) is 2.54. The Bertz CT molecular complexity index is 810. The van der Waals surface area contributed by atoms with Crippen LogP contribution < -0.4 is 5.32 Å². The summed E-state index contributed by atoms with van der Waals surface area (Å²) in [5.41, 5.74) is 0.846. The summed E-state index contributed by atoms with van der Waals surface area (Å²) in [6, 6.07) is 10.4. The van der Waals surface area contributed by atoms with E-state index in [-0.39, 0.29) is 17.1 Å². The minimum Gasteiger partial charge on any atom is -0.369 e. The lowest BCUT2D eigenvalue weighted by molar-refractivity contribution is 0.558. The van der Waals surface area contributed by atoms with Gasteiger partial charge in [0.15, 0.2) is 9.84 Å². The summed E-state index contributed by atoms with van der Waals surface area (Å²) in [6.45, 7) is 10.7. The van der Waals surface area contributed by atoms with Crippen molar-refractivity contribution in [1.29, 1.82) is 0 Å². The number of sulfone groups is 1. The zero-order valence-electron chi connectivity index (χ0n) is 15.6. The number of anilines is 1. The highest BCUT2D eigenvalue weighted by Crippen LogP contribution is 2.24. The van der Waals surface area contributed by atoms with Crippen molar-refractivity contribution in [3.63, 3.8) is 0 Å². The van der Waals surface area contributed by atoms with Crippen molar-refractivity contribution in [1.82, 2.24) is 9.97 Å². The Morgan fingerprint density at radius 3 is 2.28 bits per heavy atom. The molecule has 1 aromatic heterocycles. The molecule has 25 heavy (non-hydrogen) atoms. The predicted octanol–water partition coefficient (Wildman–Crippen LogP) is 3.78. The first-order valence-electron chi connectivity index (χ1n) is 8.51. The van der Waals surface area contributed by atoms with E-state index in [0.29, 0.717) is 17.3 Å². The molecule has 0 saturated carbocycles. The second-order valence-corrected chi connectivity index (χ2v) is 9.57. The maximum Gasteiger partial charge on any atom is 0.180 e. The molecular weight excluding hydrogens is 334 g/mol. The molecular formula is C19H27N3O2S. The van der Waals surface area contributed by atoms with Crippen LogP contribution in [0.2, 0.25) is 0 Å². The lowest BCUT2D eigenvalue weighted by Gasteiger charge is -2.20. The van der Waals surface area contributed by atoms with Crippen molar-refractivity contribution < 1.29 is 8.42 Å². The zero-order chi connectivity index (χ0) is 18.7. The molecule has 0 aliphatic rings. The Balaban J connectivity index is 2.14. The Morgan fingerprint density at radius 1 is 1.08 bits per heavy atom. The van der Waals surface area contributed by atoms with E-state index in [1.807, 2.05) is 19.9 Å². The van der Waals surface area contributed by atoms with Gasteiger partial charge in [0, 0.05) is 23.9 Å². The highest BCUT2D eigenvalue weighted by molar-refractivity contribution is 7.91. The van der Waals surface area contributed by atoms with E-state index >= 15 is 0 Å². The largest absolute Gasteiger partial charge is 0.369 e. The summed E-state index contributed by atoms with van der Waals surface area (Å²) in [6.07, 6.45) is 0. The fourth-order valence-corrected chi connectivity index (χ4v) is 3.44. The normalized spacial score (nSPS) is 12.4. The molecule has 0 unspecified atom stereocenters. The first kappa shape index (κ1) is 19.4. The van der Waals surface area contributed by atoms with Crippen LogP contribution in [0.5, 0.6) is 0 Å². The van der Waals surface area contributed by atoms with E-state index in [9.17, 15) is 8.42 Å². The van der Waals surface area contributed by atoms with E-state index < -0.39 is 9.84 Å². The third-order valence-electron chi connectivity index (χ3n) is 3.81. The van der Waals surface area contributed by atoms with Crippen LogP contribution >= 0.6 is 0 Å². The van der Waals surface area contributed by atoms with Crippen LogP contribution in [-0.2, 0) is 15.3 Å². The van der Waals surface area contributed by atoms with Crippen LogP contribution in [-0.4, -0.2) is 30.7 Å². The third kappa shape index (κ3) is 5.26. The van der Waals surface area contributed by atoms with Gasteiger partial charge in [-0.2, -0.15) is 0 Å². The minimum atomic E-state index is -3.30. The minimum absolute atomic E-state index is 0.0167. The maximum absolute atomic E-state index is 12.4. The summed E-state index contributed by atoms with van der Waals surface area (Å²) in [7, 11) is -3.30. The molecule has 0 radical (unpaired) electrons. The number of benzene rings is 1. The second kappa shape index (κ2) is 7.52. The van der Waals surface area contributed by atoms with Gasteiger partial charge in [-0.05, 0) is 12.1 Å².